The van der Waals surface area contributed by atoms with E-state index >= 15 is 0 Å². The van der Waals surface area contributed by atoms with E-state index in [0.29, 0.717) is 5.16 Å². The molecule has 0 saturated heterocycles. The highest BCUT2D eigenvalue weighted by molar-refractivity contribution is 7.98. The highest BCUT2D eigenvalue weighted by Crippen LogP contribution is 2.21. The molecule has 1 aromatic carbocycles. The van der Waals surface area contributed by atoms with Crippen LogP contribution in [-0.2, 0) is 5.75 Å². The lowest BCUT2D eigenvalue weighted by Crippen LogP contribution is -2.10. The summed E-state index contributed by atoms with van der Waals surface area (Å²) in [6, 6.07) is 9.43. The van der Waals surface area contributed by atoms with Crippen molar-refractivity contribution in [3.63, 3.8) is 0 Å². The van der Waals surface area contributed by atoms with Crippen molar-refractivity contribution in [3.8, 4) is 5.75 Å². The van der Waals surface area contributed by atoms with E-state index < -0.39 is 0 Å². The molecule has 0 amide bonds. The van der Waals surface area contributed by atoms with E-state index in [0.717, 1.165) is 22.8 Å². The molecule has 0 saturated carbocycles. The van der Waals surface area contributed by atoms with Gasteiger partial charge in [0.15, 0.2) is 5.16 Å². The van der Waals surface area contributed by atoms with E-state index in [1.807, 2.05) is 38.1 Å². The van der Waals surface area contributed by atoms with Gasteiger partial charge in [0.05, 0.1) is 12.8 Å². The minimum absolute atomic E-state index is 0.0964. The van der Waals surface area contributed by atoms with Crippen LogP contribution in [0.2, 0.25) is 0 Å². The van der Waals surface area contributed by atoms with Crippen LogP contribution >= 0.6 is 11.8 Å². The largest absolute Gasteiger partial charge is 0.497 e. The molecule has 2 rings (SSSR count). The normalized spacial score (nSPS) is 10.8. The second-order valence-electron chi connectivity index (χ2n) is 4.77. The van der Waals surface area contributed by atoms with Gasteiger partial charge < -0.3 is 9.72 Å². The van der Waals surface area contributed by atoms with E-state index in [4.69, 9.17) is 4.74 Å². The predicted molar refractivity (Wildman–Crippen MR) is 81.5 cm³/mol. The van der Waals surface area contributed by atoms with E-state index in [9.17, 15) is 4.79 Å². The van der Waals surface area contributed by atoms with Crippen LogP contribution in [0.15, 0.2) is 40.3 Å². The molecule has 5 heteroatoms. The van der Waals surface area contributed by atoms with E-state index in [2.05, 4.69) is 9.97 Å². The van der Waals surface area contributed by atoms with E-state index in [1.54, 1.807) is 13.2 Å². The van der Waals surface area contributed by atoms with Gasteiger partial charge >= 0.3 is 0 Å². The van der Waals surface area contributed by atoms with Crippen LogP contribution in [0.4, 0.5) is 0 Å². The first kappa shape index (κ1) is 14.7. The van der Waals surface area contributed by atoms with Crippen molar-refractivity contribution < 1.29 is 4.74 Å². The Morgan fingerprint density at radius 1 is 1.30 bits per heavy atom. The number of thioether (sulfide) groups is 1. The van der Waals surface area contributed by atoms with Crippen LogP contribution < -0.4 is 10.3 Å². The van der Waals surface area contributed by atoms with Crippen LogP contribution in [0.5, 0.6) is 5.75 Å². The van der Waals surface area contributed by atoms with Crippen LogP contribution in [0.1, 0.15) is 31.0 Å². The SMILES string of the molecule is COc1ccc(CSc2nc(C(C)C)cc(=O)[nH]2)cc1. The number of nitrogens with zero attached hydrogens (tertiary/aromatic N) is 1. The molecule has 1 N–H and O–H groups in total. The Hall–Kier alpha value is -1.75. The quantitative estimate of drug-likeness (QED) is 0.678. The molecule has 0 fully saturated rings. The number of aromatic nitrogens is 2. The summed E-state index contributed by atoms with van der Waals surface area (Å²) in [5.41, 5.74) is 1.89. The second kappa shape index (κ2) is 6.61. The summed E-state index contributed by atoms with van der Waals surface area (Å²) >= 11 is 1.53. The van der Waals surface area contributed by atoms with Crippen molar-refractivity contribution in [2.24, 2.45) is 0 Å². The average molecular weight is 290 g/mol. The lowest BCUT2D eigenvalue weighted by Gasteiger charge is -2.07. The van der Waals surface area contributed by atoms with Crippen LogP contribution in [-0.4, -0.2) is 17.1 Å². The van der Waals surface area contributed by atoms with E-state index in [1.165, 1.54) is 11.8 Å². The molecule has 0 bridgehead atoms. The van der Waals surface area contributed by atoms with Gasteiger partial charge in [0.2, 0.25) is 0 Å². The molecule has 0 radical (unpaired) electrons. The Morgan fingerprint density at radius 2 is 2.00 bits per heavy atom. The summed E-state index contributed by atoms with van der Waals surface area (Å²) < 4.78 is 5.12. The van der Waals surface area contributed by atoms with Gasteiger partial charge in [0, 0.05) is 11.8 Å². The fourth-order valence-electron chi connectivity index (χ4n) is 1.69. The topological polar surface area (TPSA) is 55.0 Å². The fourth-order valence-corrected chi connectivity index (χ4v) is 2.53. The van der Waals surface area contributed by atoms with Crippen LogP contribution in [0.25, 0.3) is 0 Å². The monoisotopic (exact) mass is 290 g/mol. The van der Waals surface area contributed by atoms with Crippen molar-refractivity contribution in [2.45, 2.75) is 30.7 Å². The summed E-state index contributed by atoms with van der Waals surface area (Å²) in [5, 5.41) is 0.664. The maximum Gasteiger partial charge on any atom is 0.251 e. The standard InChI is InChI=1S/C15H18N2O2S/c1-10(2)13-8-14(18)17-15(16-13)20-9-11-4-6-12(19-3)7-5-11/h4-8,10H,9H2,1-3H3,(H,16,17,18). The molecule has 0 aliphatic rings. The van der Waals surface area contributed by atoms with Crippen LogP contribution in [0.3, 0.4) is 0 Å². The highest BCUT2D eigenvalue weighted by Gasteiger charge is 2.06. The van der Waals surface area contributed by atoms with Crippen molar-refractivity contribution in [2.75, 3.05) is 7.11 Å². The van der Waals surface area contributed by atoms with Crippen molar-refractivity contribution in [1.29, 1.82) is 0 Å². The molecule has 0 spiro atoms. The first-order valence-corrected chi connectivity index (χ1v) is 7.44. The van der Waals surface area contributed by atoms with Gasteiger partial charge in [0.1, 0.15) is 5.75 Å². The Labute approximate surface area is 122 Å². The lowest BCUT2D eigenvalue weighted by molar-refractivity contribution is 0.414. The summed E-state index contributed by atoms with van der Waals surface area (Å²) in [6.07, 6.45) is 0. The minimum Gasteiger partial charge on any atom is -0.497 e. The van der Waals surface area contributed by atoms with Crippen molar-refractivity contribution in [3.05, 3.63) is 51.9 Å². The molecule has 2 aromatic rings. The third-order valence-electron chi connectivity index (χ3n) is 2.87. The maximum absolute atomic E-state index is 11.6. The second-order valence-corrected chi connectivity index (χ2v) is 5.73. The van der Waals surface area contributed by atoms with E-state index in [-0.39, 0.29) is 11.5 Å². The molecular formula is C15H18N2O2S. The molecule has 1 aromatic heterocycles. The van der Waals surface area contributed by atoms with Gasteiger partial charge in [-0.05, 0) is 23.6 Å². The predicted octanol–water partition coefficient (Wildman–Crippen LogP) is 3.19. The summed E-state index contributed by atoms with van der Waals surface area (Å²) in [6.45, 7) is 4.05. The Balaban J connectivity index is 2.08. The van der Waals surface area contributed by atoms with Gasteiger partial charge in [0.25, 0.3) is 5.56 Å². The number of hydrogen-bond acceptors (Lipinski definition) is 4. The average Bonchev–Trinajstić information content (AvgIpc) is 2.45. The van der Waals surface area contributed by atoms with Crippen molar-refractivity contribution >= 4 is 11.8 Å². The molecule has 0 aliphatic carbocycles. The molecule has 1 heterocycles. The molecule has 0 atom stereocenters. The number of rotatable bonds is 5. The number of ether oxygens (including phenoxy) is 1. The molecule has 106 valence electrons. The summed E-state index contributed by atoms with van der Waals surface area (Å²) in [7, 11) is 1.65. The number of benzene rings is 1. The minimum atomic E-state index is -0.0964. The zero-order chi connectivity index (χ0) is 14.5. The number of H-pyrrole nitrogens is 1. The zero-order valence-corrected chi connectivity index (χ0v) is 12.7. The summed E-state index contributed by atoms with van der Waals surface area (Å²) in [5.74, 6) is 1.85. The fraction of sp³-hybridized carbons (Fsp3) is 0.333. The smallest absolute Gasteiger partial charge is 0.251 e. The molecule has 4 nitrogen and oxygen atoms in total. The highest BCUT2D eigenvalue weighted by atomic mass is 32.2. The van der Waals surface area contributed by atoms with Crippen molar-refractivity contribution in [1.82, 2.24) is 9.97 Å². The first-order valence-electron chi connectivity index (χ1n) is 6.45. The molecule has 0 aliphatic heterocycles. The Bertz CT molecular complexity index is 621. The first-order chi connectivity index (χ1) is 9.58. The van der Waals surface area contributed by atoms with Gasteiger partial charge in [-0.1, -0.05) is 37.7 Å². The Morgan fingerprint density at radius 3 is 2.60 bits per heavy atom. The van der Waals surface area contributed by atoms with Gasteiger partial charge in [-0.3, -0.25) is 4.79 Å². The lowest BCUT2D eigenvalue weighted by atomic mass is 10.1. The number of aromatic amines is 1. The third kappa shape index (κ3) is 3.87. The van der Waals surface area contributed by atoms with Gasteiger partial charge in [-0.25, -0.2) is 4.98 Å². The van der Waals surface area contributed by atoms with Gasteiger partial charge in [-0.2, -0.15) is 0 Å². The number of hydrogen-bond donors (Lipinski definition) is 1. The Kier molecular flexibility index (Phi) is 4.84. The van der Waals surface area contributed by atoms with Gasteiger partial charge in [-0.15, -0.1) is 0 Å². The van der Waals surface area contributed by atoms with Crippen LogP contribution in [0, 0.1) is 0 Å². The maximum atomic E-state index is 11.6. The molecule has 20 heavy (non-hydrogen) atoms. The molecular weight excluding hydrogens is 272 g/mol. The number of nitrogens with one attached hydrogen (secondary N) is 1. The summed E-state index contributed by atoms with van der Waals surface area (Å²) in [4.78, 5) is 18.8. The number of methoxy groups -OCH3 is 1. The zero-order valence-electron chi connectivity index (χ0n) is 11.8. The third-order valence-corrected chi connectivity index (χ3v) is 3.81. The molecule has 0 unspecified atom stereocenters.